The Labute approximate surface area is 121 Å². The lowest BCUT2D eigenvalue weighted by atomic mass is 9.87. The van der Waals surface area contributed by atoms with Gasteiger partial charge in [0.1, 0.15) is 0 Å². The van der Waals surface area contributed by atoms with E-state index >= 15 is 0 Å². The molecule has 1 fully saturated rings. The maximum Gasteiger partial charge on any atom is 0.0798 e. The summed E-state index contributed by atoms with van der Waals surface area (Å²) in [5.74, 6) is 0.906. The quantitative estimate of drug-likeness (QED) is 0.868. The van der Waals surface area contributed by atoms with Crippen molar-refractivity contribution in [2.45, 2.75) is 52.1 Å². The number of hydrogen-bond acceptors (Lipinski definition) is 4. The third-order valence-electron chi connectivity index (χ3n) is 4.12. The Morgan fingerprint density at radius 1 is 1.47 bits per heavy atom. The highest BCUT2D eigenvalue weighted by atomic mass is 32.1. The van der Waals surface area contributed by atoms with Crippen molar-refractivity contribution < 1.29 is 0 Å². The minimum Gasteiger partial charge on any atom is -0.313 e. The Morgan fingerprint density at radius 2 is 2.32 bits per heavy atom. The lowest BCUT2D eigenvalue weighted by molar-refractivity contribution is 0.275. The molecule has 108 valence electrons. The minimum atomic E-state index is 0.752. The van der Waals surface area contributed by atoms with E-state index in [0.717, 1.165) is 31.6 Å². The number of hydrogen-bond donors (Lipinski definition) is 1. The highest BCUT2D eigenvalue weighted by molar-refractivity contribution is 7.09. The van der Waals surface area contributed by atoms with Gasteiger partial charge in [0.15, 0.2) is 0 Å². The van der Waals surface area contributed by atoms with E-state index in [0.29, 0.717) is 0 Å². The molecule has 1 aliphatic carbocycles. The normalized spacial score (nSPS) is 24.0. The molecule has 2 atom stereocenters. The number of likely N-dealkylation sites (N-methyl/N-ethyl adjacent to an activating group) is 1. The van der Waals surface area contributed by atoms with Gasteiger partial charge in [0, 0.05) is 30.6 Å². The van der Waals surface area contributed by atoms with E-state index in [1.165, 1.54) is 36.3 Å². The standard InChI is InChI=1S/C15H27N3S/c1-12-5-4-6-14(9-12)16-7-8-18(3)10-15-13(2)17-11-19-15/h11-12,14,16H,4-10H2,1-3H3. The van der Waals surface area contributed by atoms with Gasteiger partial charge in [-0.25, -0.2) is 4.98 Å². The smallest absolute Gasteiger partial charge is 0.0798 e. The van der Waals surface area contributed by atoms with Crippen molar-refractivity contribution in [3.8, 4) is 0 Å². The Kier molecular flexibility index (Phi) is 5.79. The monoisotopic (exact) mass is 281 g/mol. The molecule has 1 saturated carbocycles. The number of nitrogens with one attached hydrogen (secondary N) is 1. The Balaban J connectivity index is 1.64. The van der Waals surface area contributed by atoms with Gasteiger partial charge in [0.2, 0.25) is 0 Å². The van der Waals surface area contributed by atoms with Gasteiger partial charge in [-0.3, -0.25) is 4.90 Å². The number of rotatable bonds is 6. The van der Waals surface area contributed by atoms with Crippen LogP contribution in [-0.4, -0.2) is 36.1 Å². The Hall–Kier alpha value is -0.450. The fraction of sp³-hybridized carbons (Fsp3) is 0.800. The topological polar surface area (TPSA) is 28.2 Å². The Morgan fingerprint density at radius 3 is 3.00 bits per heavy atom. The molecular formula is C15H27N3S. The SMILES string of the molecule is Cc1ncsc1CN(C)CCNC1CCCC(C)C1. The van der Waals surface area contributed by atoms with Gasteiger partial charge in [0.05, 0.1) is 11.2 Å². The summed E-state index contributed by atoms with van der Waals surface area (Å²) >= 11 is 1.77. The summed E-state index contributed by atoms with van der Waals surface area (Å²) in [7, 11) is 2.20. The molecule has 19 heavy (non-hydrogen) atoms. The zero-order valence-corrected chi connectivity index (χ0v) is 13.3. The summed E-state index contributed by atoms with van der Waals surface area (Å²) in [6.07, 6.45) is 5.54. The van der Waals surface area contributed by atoms with Crippen molar-refractivity contribution in [2.24, 2.45) is 5.92 Å². The first-order valence-electron chi connectivity index (χ1n) is 7.46. The molecule has 0 aromatic carbocycles. The molecule has 0 radical (unpaired) electrons. The molecule has 2 unspecified atom stereocenters. The molecule has 0 aliphatic heterocycles. The second-order valence-corrected chi connectivity index (χ2v) is 6.96. The van der Waals surface area contributed by atoms with Crippen LogP contribution in [0, 0.1) is 12.8 Å². The van der Waals surface area contributed by atoms with Crippen molar-refractivity contribution in [3.63, 3.8) is 0 Å². The van der Waals surface area contributed by atoms with E-state index in [9.17, 15) is 0 Å². The number of aromatic nitrogens is 1. The van der Waals surface area contributed by atoms with Crippen LogP contribution in [0.15, 0.2) is 5.51 Å². The van der Waals surface area contributed by atoms with Gasteiger partial charge >= 0.3 is 0 Å². The molecule has 0 amide bonds. The van der Waals surface area contributed by atoms with Gasteiger partial charge in [0.25, 0.3) is 0 Å². The second kappa shape index (κ2) is 7.36. The van der Waals surface area contributed by atoms with Crippen LogP contribution in [-0.2, 0) is 6.54 Å². The molecule has 1 aromatic rings. The molecule has 3 nitrogen and oxygen atoms in total. The lowest BCUT2D eigenvalue weighted by Crippen LogP contribution is -2.38. The van der Waals surface area contributed by atoms with Gasteiger partial charge < -0.3 is 5.32 Å². The second-order valence-electron chi connectivity index (χ2n) is 6.02. The maximum absolute atomic E-state index is 4.31. The molecule has 1 aromatic heterocycles. The molecule has 1 heterocycles. The zero-order valence-electron chi connectivity index (χ0n) is 12.5. The van der Waals surface area contributed by atoms with Crippen molar-refractivity contribution in [1.82, 2.24) is 15.2 Å². The average molecular weight is 281 g/mol. The summed E-state index contributed by atoms with van der Waals surface area (Å²) < 4.78 is 0. The van der Waals surface area contributed by atoms with Crippen LogP contribution in [0.5, 0.6) is 0 Å². The fourth-order valence-electron chi connectivity index (χ4n) is 2.88. The Bertz CT molecular complexity index is 377. The summed E-state index contributed by atoms with van der Waals surface area (Å²) in [5.41, 5.74) is 3.13. The van der Waals surface area contributed by atoms with Crippen LogP contribution in [0.3, 0.4) is 0 Å². The molecule has 2 rings (SSSR count). The van der Waals surface area contributed by atoms with E-state index < -0.39 is 0 Å². The van der Waals surface area contributed by atoms with Crippen LogP contribution < -0.4 is 5.32 Å². The first kappa shape index (κ1) is 14.9. The summed E-state index contributed by atoms with van der Waals surface area (Å²) in [6, 6.07) is 0.752. The first-order valence-corrected chi connectivity index (χ1v) is 8.34. The highest BCUT2D eigenvalue weighted by Gasteiger charge is 2.18. The highest BCUT2D eigenvalue weighted by Crippen LogP contribution is 2.23. The van der Waals surface area contributed by atoms with Crippen LogP contribution in [0.4, 0.5) is 0 Å². The molecule has 4 heteroatoms. The molecule has 0 saturated heterocycles. The molecule has 1 N–H and O–H groups in total. The van der Waals surface area contributed by atoms with E-state index in [2.05, 4.69) is 36.1 Å². The largest absolute Gasteiger partial charge is 0.313 e. The predicted octanol–water partition coefficient (Wildman–Crippen LogP) is 3.05. The maximum atomic E-state index is 4.31. The number of nitrogens with zero attached hydrogens (tertiary/aromatic N) is 2. The first-order chi connectivity index (χ1) is 9.15. The summed E-state index contributed by atoms with van der Waals surface area (Å²) in [5, 5.41) is 3.72. The average Bonchev–Trinajstić information content (AvgIpc) is 2.75. The van der Waals surface area contributed by atoms with Crippen LogP contribution >= 0.6 is 11.3 Å². The van der Waals surface area contributed by atoms with Crippen molar-refractivity contribution in [3.05, 3.63) is 16.1 Å². The molecule has 0 spiro atoms. The van der Waals surface area contributed by atoms with Crippen LogP contribution in [0.1, 0.15) is 43.2 Å². The number of thiazole rings is 1. The van der Waals surface area contributed by atoms with Crippen LogP contribution in [0.2, 0.25) is 0 Å². The number of aryl methyl sites for hydroxylation is 1. The van der Waals surface area contributed by atoms with Gasteiger partial charge in [-0.1, -0.05) is 19.8 Å². The summed E-state index contributed by atoms with van der Waals surface area (Å²) in [6.45, 7) is 7.72. The lowest BCUT2D eigenvalue weighted by Gasteiger charge is -2.28. The fourth-order valence-corrected chi connectivity index (χ4v) is 3.74. The summed E-state index contributed by atoms with van der Waals surface area (Å²) in [4.78, 5) is 8.09. The molecule has 0 bridgehead atoms. The van der Waals surface area contributed by atoms with Gasteiger partial charge in [-0.15, -0.1) is 11.3 Å². The third-order valence-corrected chi connectivity index (χ3v) is 5.04. The zero-order chi connectivity index (χ0) is 13.7. The third kappa shape index (κ3) is 4.86. The van der Waals surface area contributed by atoms with Crippen molar-refractivity contribution >= 4 is 11.3 Å². The minimum absolute atomic E-state index is 0.752. The predicted molar refractivity (Wildman–Crippen MR) is 82.6 cm³/mol. The van der Waals surface area contributed by atoms with E-state index in [1.807, 2.05) is 5.51 Å². The van der Waals surface area contributed by atoms with Gasteiger partial charge in [-0.05, 0) is 32.7 Å². The van der Waals surface area contributed by atoms with Crippen LogP contribution in [0.25, 0.3) is 0 Å². The van der Waals surface area contributed by atoms with Gasteiger partial charge in [-0.2, -0.15) is 0 Å². The van der Waals surface area contributed by atoms with E-state index in [-0.39, 0.29) is 0 Å². The van der Waals surface area contributed by atoms with Crippen molar-refractivity contribution in [1.29, 1.82) is 0 Å². The van der Waals surface area contributed by atoms with E-state index in [4.69, 9.17) is 0 Å². The van der Waals surface area contributed by atoms with Crippen molar-refractivity contribution in [2.75, 3.05) is 20.1 Å². The van der Waals surface area contributed by atoms with E-state index in [1.54, 1.807) is 11.3 Å². The molecular weight excluding hydrogens is 254 g/mol. The molecule has 1 aliphatic rings.